The van der Waals surface area contributed by atoms with E-state index in [1.807, 2.05) is 24.3 Å². The largest absolute Gasteiger partial charge is 0.457 e. The second kappa shape index (κ2) is 7.87. The maximum absolute atomic E-state index is 6.01. The Morgan fingerprint density at radius 2 is 1.81 bits per heavy atom. The Balaban J connectivity index is 2.08. The predicted molar refractivity (Wildman–Crippen MR) is 94.4 cm³/mol. The third kappa shape index (κ3) is 4.77. The highest BCUT2D eigenvalue weighted by Gasteiger charge is 2.07. The van der Waals surface area contributed by atoms with Crippen molar-refractivity contribution in [1.29, 1.82) is 0 Å². The first-order valence-corrected chi connectivity index (χ1v) is 9.00. The molecule has 0 aliphatic rings. The second-order valence-electron chi connectivity index (χ2n) is 4.90. The average molecular weight is 366 g/mol. The quantitative estimate of drug-likeness (QED) is 0.710. The molecule has 0 heterocycles. The minimum absolute atomic E-state index is 0.201. The molecule has 0 radical (unpaired) electrons. The fourth-order valence-electron chi connectivity index (χ4n) is 1.96. The van der Waals surface area contributed by atoms with Gasteiger partial charge in [0.1, 0.15) is 11.5 Å². The van der Waals surface area contributed by atoms with Crippen LogP contribution >= 0.6 is 27.7 Å². The molecule has 112 valence electrons. The summed E-state index contributed by atoms with van der Waals surface area (Å²) in [7, 11) is 0. The molecule has 0 spiro atoms. The van der Waals surface area contributed by atoms with Gasteiger partial charge in [-0.25, -0.2) is 0 Å². The van der Waals surface area contributed by atoms with E-state index in [4.69, 9.17) is 10.5 Å². The summed E-state index contributed by atoms with van der Waals surface area (Å²) in [6.45, 7) is 2.11. The lowest BCUT2D eigenvalue weighted by Gasteiger charge is -2.12. The van der Waals surface area contributed by atoms with E-state index in [1.54, 1.807) is 11.8 Å². The molecule has 0 aliphatic carbocycles. The van der Waals surface area contributed by atoms with Crippen molar-refractivity contribution in [2.45, 2.75) is 30.7 Å². The van der Waals surface area contributed by atoms with Gasteiger partial charge in [-0.15, -0.1) is 11.8 Å². The molecule has 2 rings (SSSR count). The maximum Gasteiger partial charge on any atom is 0.128 e. The molecule has 2 aromatic carbocycles. The molecule has 2 aromatic rings. The molecule has 1 atom stereocenters. The standard InChI is InChI=1S/C17H20BrNOS/c1-3-13(19)10-12-4-5-15(11-17(12)18)20-14-6-8-16(21-2)9-7-14/h4-9,11,13H,3,10,19H2,1-2H3. The van der Waals surface area contributed by atoms with Crippen LogP contribution in [-0.4, -0.2) is 12.3 Å². The Labute approximate surface area is 139 Å². The number of thioether (sulfide) groups is 1. The van der Waals surface area contributed by atoms with E-state index < -0.39 is 0 Å². The van der Waals surface area contributed by atoms with Crippen LogP contribution in [0.25, 0.3) is 0 Å². The Morgan fingerprint density at radius 3 is 2.38 bits per heavy atom. The van der Waals surface area contributed by atoms with Crippen LogP contribution in [-0.2, 0) is 6.42 Å². The summed E-state index contributed by atoms with van der Waals surface area (Å²) in [5, 5.41) is 0. The smallest absolute Gasteiger partial charge is 0.128 e. The molecule has 0 aromatic heterocycles. The van der Waals surface area contributed by atoms with Gasteiger partial charge in [0.15, 0.2) is 0 Å². The number of hydrogen-bond acceptors (Lipinski definition) is 3. The maximum atomic E-state index is 6.01. The molecule has 0 saturated carbocycles. The van der Waals surface area contributed by atoms with Gasteiger partial charge in [0.25, 0.3) is 0 Å². The summed E-state index contributed by atoms with van der Waals surface area (Å²) in [5.41, 5.74) is 7.23. The minimum atomic E-state index is 0.201. The highest BCUT2D eigenvalue weighted by atomic mass is 79.9. The van der Waals surface area contributed by atoms with E-state index in [2.05, 4.69) is 47.3 Å². The van der Waals surface area contributed by atoms with Gasteiger partial charge in [0.05, 0.1) is 0 Å². The van der Waals surface area contributed by atoms with Crippen molar-refractivity contribution >= 4 is 27.7 Å². The van der Waals surface area contributed by atoms with Crippen LogP contribution in [0.1, 0.15) is 18.9 Å². The van der Waals surface area contributed by atoms with E-state index in [-0.39, 0.29) is 6.04 Å². The monoisotopic (exact) mass is 365 g/mol. The molecule has 4 heteroatoms. The summed E-state index contributed by atoms with van der Waals surface area (Å²) in [6, 6.07) is 14.4. The lowest BCUT2D eigenvalue weighted by molar-refractivity contribution is 0.481. The zero-order valence-corrected chi connectivity index (χ0v) is 14.7. The molecule has 2 nitrogen and oxygen atoms in total. The molecular formula is C17H20BrNOS. The van der Waals surface area contributed by atoms with E-state index >= 15 is 0 Å². The number of nitrogens with two attached hydrogens (primary N) is 1. The molecular weight excluding hydrogens is 346 g/mol. The van der Waals surface area contributed by atoms with Crippen LogP contribution in [0.2, 0.25) is 0 Å². The normalized spacial score (nSPS) is 12.2. The van der Waals surface area contributed by atoms with Crippen molar-refractivity contribution in [3.8, 4) is 11.5 Å². The van der Waals surface area contributed by atoms with Gasteiger partial charge in [0, 0.05) is 15.4 Å². The fraction of sp³-hybridized carbons (Fsp3) is 0.294. The Kier molecular flexibility index (Phi) is 6.15. The zero-order chi connectivity index (χ0) is 15.2. The van der Waals surface area contributed by atoms with Crippen molar-refractivity contribution in [3.05, 3.63) is 52.5 Å². The van der Waals surface area contributed by atoms with E-state index in [9.17, 15) is 0 Å². The SMILES string of the molecule is CCC(N)Cc1ccc(Oc2ccc(SC)cc2)cc1Br. The number of hydrogen-bond donors (Lipinski definition) is 1. The molecule has 0 fully saturated rings. The van der Waals surface area contributed by atoms with Gasteiger partial charge < -0.3 is 10.5 Å². The van der Waals surface area contributed by atoms with E-state index in [1.165, 1.54) is 10.5 Å². The van der Waals surface area contributed by atoms with Crippen molar-refractivity contribution in [3.63, 3.8) is 0 Å². The second-order valence-corrected chi connectivity index (χ2v) is 6.64. The molecule has 0 bridgehead atoms. The number of benzene rings is 2. The summed E-state index contributed by atoms with van der Waals surface area (Å²) >= 11 is 5.32. The summed E-state index contributed by atoms with van der Waals surface area (Å²) in [5.74, 6) is 1.67. The van der Waals surface area contributed by atoms with E-state index in [0.717, 1.165) is 28.8 Å². The van der Waals surface area contributed by atoms with Gasteiger partial charge in [0.2, 0.25) is 0 Å². The van der Waals surface area contributed by atoms with Gasteiger partial charge in [-0.2, -0.15) is 0 Å². The number of halogens is 1. The molecule has 0 aliphatic heterocycles. The Hall–Kier alpha value is -0.970. The van der Waals surface area contributed by atoms with Crippen molar-refractivity contribution < 1.29 is 4.74 Å². The van der Waals surface area contributed by atoms with Crippen LogP contribution in [0.5, 0.6) is 11.5 Å². The Bertz CT molecular complexity index is 586. The summed E-state index contributed by atoms with van der Waals surface area (Å²) < 4.78 is 6.92. The molecule has 2 N–H and O–H groups in total. The van der Waals surface area contributed by atoms with Crippen molar-refractivity contribution in [2.75, 3.05) is 6.26 Å². The first kappa shape index (κ1) is 16.4. The highest BCUT2D eigenvalue weighted by molar-refractivity contribution is 9.10. The third-order valence-electron chi connectivity index (χ3n) is 3.33. The van der Waals surface area contributed by atoms with E-state index in [0.29, 0.717) is 0 Å². The molecule has 0 saturated heterocycles. The molecule has 1 unspecified atom stereocenters. The number of ether oxygens (including phenoxy) is 1. The van der Waals surface area contributed by atoms with Crippen molar-refractivity contribution in [1.82, 2.24) is 0 Å². The number of rotatable bonds is 6. The van der Waals surface area contributed by atoms with Crippen molar-refractivity contribution in [2.24, 2.45) is 5.73 Å². The first-order chi connectivity index (χ1) is 10.1. The van der Waals surface area contributed by atoms with Crippen LogP contribution in [0.15, 0.2) is 51.8 Å². The lowest BCUT2D eigenvalue weighted by Crippen LogP contribution is -2.21. The van der Waals surface area contributed by atoms with Gasteiger partial charge in [-0.1, -0.05) is 28.9 Å². The van der Waals surface area contributed by atoms with Crippen LogP contribution in [0.3, 0.4) is 0 Å². The van der Waals surface area contributed by atoms with Crippen LogP contribution < -0.4 is 10.5 Å². The first-order valence-electron chi connectivity index (χ1n) is 6.98. The average Bonchev–Trinajstić information content (AvgIpc) is 2.50. The highest BCUT2D eigenvalue weighted by Crippen LogP contribution is 2.29. The zero-order valence-electron chi connectivity index (χ0n) is 12.3. The van der Waals surface area contributed by atoms with Gasteiger partial charge in [-0.3, -0.25) is 0 Å². The van der Waals surface area contributed by atoms with Crippen LogP contribution in [0.4, 0.5) is 0 Å². The summed E-state index contributed by atoms with van der Waals surface area (Å²) in [6.07, 6.45) is 3.92. The molecule has 0 amide bonds. The summed E-state index contributed by atoms with van der Waals surface area (Å²) in [4.78, 5) is 1.23. The van der Waals surface area contributed by atoms with Crippen LogP contribution in [0, 0.1) is 0 Å². The molecule has 21 heavy (non-hydrogen) atoms. The Morgan fingerprint density at radius 1 is 1.14 bits per heavy atom. The third-order valence-corrected chi connectivity index (χ3v) is 4.81. The fourth-order valence-corrected chi connectivity index (χ4v) is 2.89. The lowest BCUT2D eigenvalue weighted by atomic mass is 10.0. The predicted octanol–water partition coefficient (Wildman–Crippen LogP) is 5.24. The van der Waals surface area contributed by atoms with Gasteiger partial charge in [-0.05, 0) is 61.1 Å². The topological polar surface area (TPSA) is 35.2 Å². The minimum Gasteiger partial charge on any atom is -0.457 e. The van der Waals surface area contributed by atoms with Gasteiger partial charge >= 0.3 is 0 Å².